The number of morpholine rings is 1. The second kappa shape index (κ2) is 9.01. The molecular formula is C20H28N4O3. The van der Waals surface area contributed by atoms with Crippen LogP contribution < -0.4 is 10.1 Å². The molecule has 1 fully saturated rings. The van der Waals surface area contributed by atoms with Gasteiger partial charge < -0.3 is 14.8 Å². The van der Waals surface area contributed by atoms with E-state index < -0.39 is 0 Å². The highest BCUT2D eigenvalue weighted by Crippen LogP contribution is 2.14. The number of amides is 1. The van der Waals surface area contributed by atoms with E-state index in [1.807, 2.05) is 24.3 Å². The number of ether oxygens (including phenoxy) is 2. The molecule has 3 rings (SSSR count). The Hall–Kier alpha value is -2.38. The van der Waals surface area contributed by atoms with Crippen molar-refractivity contribution in [3.8, 4) is 11.4 Å². The minimum absolute atomic E-state index is 0.147. The molecule has 0 radical (unpaired) electrons. The van der Waals surface area contributed by atoms with Gasteiger partial charge in [0.15, 0.2) is 5.69 Å². The SMILES string of the molecule is COc1ccc(-n2ccc(C(=O)NCCCN3CC(C)OC(C)C3)n2)cc1. The van der Waals surface area contributed by atoms with E-state index in [9.17, 15) is 4.79 Å². The van der Waals surface area contributed by atoms with Gasteiger partial charge in [0, 0.05) is 32.4 Å². The monoisotopic (exact) mass is 372 g/mol. The van der Waals surface area contributed by atoms with Gasteiger partial charge in [-0.3, -0.25) is 9.69 Å². The summed E-state index contributed by atoms with van der Waals surface area (Å²) in [5, 5.41) is 7.31. The minimum atomic E-state index is -0.147. The second-order valence-corrected chi connectivity index (χ2v) is 6.97. The molecule has 146 valence electrons. The summed E-state index contributed by atoms with van der Waals surface area (Å²) < 4.78 is 12.6. The fourth-order valence-electron chi connectivity index (χ4n) is 3.39. The van der Waals surface area contributed by atoms with Crippen molar-refractivity contribution >= 4 is 5.91 Å². The number of benzene rings is 1. The molecule has 1 aliphatic rings. The second-order valence-electron chi connectivity index (χ2n) is 6.97. The van der Waals surface area contributed by atoms with Crippen molar-refractivity contribution in [3.05, 3.63) is 42.2 Å². The van der Waals surface area contributed by atoms with Crippen molar-refractivity contribution in [2.45, 2.75) is 32.5 Å². The number of carbonyl (C=O) groups is 1. The first-order chi connectivity index (χ1) is 13.0. The molecule has 7 heteroatoms. The molecule has 2 aromatic rings. The molecule has 1 aromatic heterocycles. The summed E-state index contributed by atoms with van der Waals surface area (Å²) in [6, 6.07) is 9.26. The van der Waals surface area contributed by atoms with Gasteiger partial charge >= 0.3 is 0 Å². The first kappa shape index (κ1) is 19.4. The Morgan fingerprint density at radius 1 is 1.22 bits per heavy atom. The lowest BCUT2D eigenvalue weighted by Crippen LogP contribution is -2.46. The Labute approximate surface area is 160 Å². The van der Waals surface area contributed by atoms with Crippen LogP contribution in [0.3, 0.4) is 0 Å². The van der Waals surface area contributed by atoms with Gasteiger partial charge in [-0.1, -0.05) is 0 Å². The Morgan fingerprint density at radius 3 is 2.59 bits per heavy atom. The van der Waals surface area contributed by atoms with E-state index in [2.05, 4.69) is 29.2 Å². The number of hydrogen-bond acceptors (Lipinski definition) is 5. The lowest BCUT2D eigenvalue weighted by Gasteiger charge is -2.35. The van der Waals surface area contributed by atoms with Gasteiger partial charge in [-0.15, -0.1) is 0 Å². The van der Waals surface area contributed by atoms with Gasteiger partial charge in [-0.25, -0.2) is 4.68 Å². The highest BCUT2D eigenvalue weighted by Gasteiger charge is 2.21. The predicted octanol–water partition coefficient (Wildman–Crippen LogP) is 2.11. The maximum Gasteiger partial charge on any atom is 0.271 e. The number of hydrogen-bond donors (Lipinski definition) is 1. The predicted molar refractivity (Wildman–Crippen MR) is 104 cm³/mol. The molecule has 0 saturated carbocycles. The Bertz CT molecular complexity index is 734. The van der Waals surface area contributed by atoms with Crippen LogP contribution in [-0.4, -0.2) is 66.1 Å². The average molecular weight is 372 g/mol. The van der Waals surface area contributed by atoms with Crippen molar-refractivity contribution in [1.29, 1.82) is 0 Å². The Balaban J connectivity index is 1.45. The molecule has 0 aliphatic carbocycles. The van der Waals surface area contributed by atoms with E-state index >= 15 is 0 Å². The first-order valence-corrected chi connectivity index (χ1v) is 9.41. The normalized spacial score (nSPS) is 20.4. The quantitative estimate of drug-likeness (QED) is 0.754. The molecule has 1 N–H and O–H groups in total. The number of rotatable bonds is 7. The van der Waals surface area contributed by atoms with Crippen molar-refractivity contribution in [2.24, 2.45) is 0 Å². The molecule has 0 spiro atoms. The van der Waals surface area contributed by atoms with Crippen LogP contribution in [-0.2, 0) is 4.74 Å². The molecule has 1 aromatic carbocycles. The Morgan fingerprint density at radius 2 is 1.93 bits per heavy atom. The van der Waals surface area contributed by atoms with E-state index in [-0.39, 0.29) is 18.1 Å². The largest absolute Gasteiger partial charge is 0.497 e. The lowest BCUT2D eigenvalue weighted by atomic mass is 10.2. The van der Waals surface area contributed by atoms with Crippen LogP contribution in [0.2, 0.25) is 0 Å². The van der Waals surface area contributed by atoms with Gasteiger partial charge in [-0.05, 0) is 50.6 Å². The molecule has 1 aliphatic heterocycles. The number of nitrogens with zero attached hydrogens (tertiary/aromatic N) is 3. The summed E-state index contributed by atoms with van der Waals surface area (Å²) in [4.78, 5) is 14.7. The summed E-state index contributed by atoms with van der Waals surface area (Å²) >= 11 is 0. The van der Waals surface area contributed by atoms with Crippen molar-refractivity contribution in [1.82, 2.24) is 20.0 Å². The Kier molecular flexibility index (Phi) is 6.47. The molecule has 0 bridgehead atoms. The maximum atomic E-state index is 12.3. The van der Waals surface area contributed by atoms with Crippen molar-refractivity contribution in [2.75, 3.05) is 33.3 Å². The van der Waals surface area contributed by atoms with Gasteiger partial charge in [0.1, 0.15) is 5.75 Å². The number of methoxy groups -OCH3 is 1. The van der Waals surface area contributed by atoms with Crippen LogP contribution in [0.15, 0.2) is 36.5 Å². The third kappa shape index (κ3) is 5.30. The minimum Gasteiger partial charge on any atom is -0.497 e. The lowest BCUT2D eigenvalue weighted by molar-refractivity contribution is -0.0679. The zero-order chi connectivity index (χ0) is 19.2. The van der Waals surface area contributed by atoms with Gasteiger partial charge in [0.25, 0.3) is 5.91 Å². The fraction of sp³-hybridized carbons (Fsp3) is 0.500. The maximum absolute atomic E-state index is 12.3. The van der Waals surface area contributed by atoms with E-state index in [0.29, 0.717) is 12.2 Å². The summed E-state index contributed by atoms with van der Waals surface area (Å²) in [6.45, 7) is 7.69. The highest BCUT2D eigenvalue weighted by atomic mass is 16.5. The van der Waals surface area contributed by atoms with Crippen LogP contribution >= 0.6 is 0 Å². The van der Waals surface area contributed by atoms with Crippen LogP contribution in [0.25, 0.3) is 5.69 Å². The average Bonchev–Trinajstić information content (AvgIpc) is 3.15. The fourth-order valence-corrected chi connectivity index (χ4v) is 3.39. The molecule has 1 saturated heterocycles. The number of carbonyl (C=O) groups excluding carboxylic acids is 1. The van der Waals surface area contributed by atoms with Gasteiger partial charge in [0.2, 0.25) is 0 Å². The molecule has 2 unspecified atom stereocenters. The van der Waals surface area contributed by atoms with E-state index in [4.69, 9.17) is 9.47 Å². The van der Waals surface area contributed by atoms with E-state index in [0.717, 1.165) is 37.5 Å². The first-order valence-electron chi connectivity index (χ1n) is 9.41. The molecule has 2 heterocycles. The smallest absolute Gasteiger partial charge is 0.271 e. The molecule has 1 amide bonds. The summed E-state index contributed by atoms with van der Waals surface area (Å²) in [5.41, 5.74) is 1.30. The van der Waals surface area contributed by atoms with E-state index in [1.165, 1.54) is 0 Å². The van der Waals surface area contributed by atoms with Crippen LogP contribution in [0.5, 0.6) is 5.75 Å². The third-order valence-electron chi connectivity index (χ3n) is 4.59. The number of aromatic nitrogens is 2. The molecular weight excluding hydrogens is 344 g/mol. The van der Waals surface area contributed by atoms with Gasteiger partial charge in [-0.2, -0.15) is 5.10 Å². The molecule has 27 heavy (non-hydrogen) atoms. The van der Waals surface area contributed by atoms with Crippen LogP contribution in [0.4, 0.5) is 0 Å². The zero-order valence-electron chi connectivity index (χ0n) is 16.2. The van der Waals surface area contributed by atoms with E-state index in [1.54, 1.807) is 24.1 Å². The van der Waals surface area contributed by atoms with Crippen LogP contribution in [0.1, 0.15) is 30.8 Å². The van der Waals surface area contributed by atoms with Crippen molar-refractivity contribution < 1.29 is 14.3 Å². The molecule has 2 atom stereocenters. The van der Waals surface area contributed by atoms with Crippen LogP contribution in [0, 0.1) is 0 Å². The summed E-state index contributed by atoms with van der Waals surface area (Å²) in [6.07, 6.45) is 3.23. The van der Waals surface area contributed by atoms with Crippen molar-refractivity contribution in [3.63, 3.8) is 0 Å². The summed E-state index contributed by atoms with van der Waals surface area (Å²) in [5.74, 6) is 0.638. The third-order valence-corrected chi connectivity index (χ3v) is 4.59. The van der Waals surface area contributed by atoms with Gasteiger partial charge in [0.05, 0.1) is 25.0 Å². The topological polar surface area (TPSA) is 68.6 Å². The zero-order valence-corrected chi connectivity index (χ0v) is 16.2. The summed E-state index contributed by atoms with van der Waals surface area (Å²) in [7, 11) is 1.63. The standard InChI is InChI=1S/C20H28N4O3/c1-15-13-23(14-16(2)27-15)11-4-10-21-20(25)19-9-12-24(22-19)17-5-7-18(26-3)8-6-17/h5-9,12,15-16H,4,10-11,13-14H2,1-3H3,(H,21,25). The molecule has 7 nitrogen and oxygen atoms in total. The number of nitrogens with one attached hydrogen (secondary N) is 1. The highest BCUT2D eigenvalue weighted by molar-refractivity contribution is 5.92.